The summed E-state index contributed by atoms with van der Waals surface area (Å²) in [6.07, 6.45) is 2.62. The second-order valence-electron chi connectivity index (χ2n) is 4.25. The summed E-state index contributed by atoms with van der Waals surface area (Å²) in [5.74, 6) is 2.01. The molecule has 1 aromatic heterocycles. The van der Waals surface area contributed by atoms with E-state index in [0.717, 1.165) is 12.5 Å². The largest absolute Gasteiger partial charge is 0.464 e. The highest BCUT2D eigenvalue weighted by Gasteiger charge is 2.24. The summed E-state index contributed by atoms with van der Waals surface area (Å²) in [5.41, 5.74) is 0. The van der Waals surface area contributed by atoms with Gasteiger partial charge in [0.15, 0.2) is 0 Å². The third-order valence-corrected chi connectivity index (χ3v) is 2.67. The maximum absolute atomic E-state index is 5.33. The molecule has 0 amide bonds. The highest BCUT2D eigenvalue weighted by molar-refractivity contribution is 5.37. The van der Waals surface area contributed by atoms with E-state index in [0.29, 0.717) is 24.5 Å². The number of anilines is 2. The Hall–Kier alpha value is -1.59. The molecule has 1 heterocycles. The number of hydrogen-bond acceptors (Lipinski definition) is 6. The summed E-state index contributed by atoms with van der Waals surface area (Å²) >= 11 is 0. The van der Waals surface area contributed by atoms with E-state index < -0.39 is 0 Å². The zero-order chi connectivity index (χ0) is 12.3. The van der Waals surface area contributed by atoms with E-state index in [-0.39, 0.29) is 0 Å². The Morgan fingerprint density at radius 1 is 1.35 bits per heavy atom. The van der Waals surface area contributed by atoms with E-state index in [4.69, 9.17) is 4.74 Å². The summed E-state index contributed by atoms with van der Waals surface area (Å²) in [6, 6.07) is 0.379. The molecule has 6 nitrogen and oxygen atoms in total. The van der Waals surface area contributed by atoms with Crippen molar-refractivity contribution < 1.29 is 4.74 Å². The molecule has 0 saturated heterocycles. The van der Waals surface area contributed by atoms with Crippen molar-refractivity contribution >= 4 is 11.9 Å². The molecule has 6 heteroatoms. The molecule has 1 saturated carbocycles. The van der Waals surface area contributed by atoms with Crippen LogP contribution in [0.2, 0.25) is 0 Å². The predicted octanol–water partition coefficient (Wildman–Crippen LogP) is 1.16. The van der Waals surface area contributed by atoms with Gasteiger partial charge in [0.05, 0.1) is 6.61 Å². The van der Waals surface area contributed by atoms with Gasteiger partial charge in [-0.25, -0.2) is 0 Å². The Kier molecular flexibility index (Phi) is 3.61. The first kappa shape index (κ1) is 11.9. The van der Waals surface area contributed by atoms with Gasteiger partial charge in [0, 0.05) is 20.6 Å². The number of ether oxygens (including phenoxy) is 1. The molecule has 0 aromatic carbocycles. The normalized spacial score (nSPS) is 14.5. The maximum atomic E-state index is 5.33. The van der Waals surface area contributed by atoms with Crippen LogP contribution in [-0.2, 0) is 0 Å². The second-order valence-corrected chi connectivity index (χ2v) is 4.25. The van der Waals surface area contributed by atoms with E-state index in [1.165, 1.54) is 12.8 Å². The van der Waals surface area contributed by atoms with E-state index in [1.807, 2.05) is 14.0 Å². The van der Waals surface area contributed by atoms with E-state index in [9.17, 15) is 0 Å². The summed E-state index contributed by atoms with van der Waals surface area (Å²) in [7, 11) is 3.79. The van der Waals surface area contributed by atoms with E-state index in [1.54, 1.807) is 7.05 Å². The molecule has 1 aliphatic rings. The van der Waals surface area contributed by atoms with Crippen LogP contribution in [0.5, 0.6) is 6.01 Å². The first-order chi connectivity index (χ1) is 8.22. The molecule has 1 N–H and O–H groups in total. The average Bonchev–Trinajstić information content (AvgIpc) is 3.13. The van der Waals surface area contributed by atoms with Gasteiger partial charge in [0.1, 0.15) is 0 Å². The van der Waals surface area contributed by atoms with Crippen molar-refractivity contribution in [1.82, 2.24) is 15.0 Å². The van der Waals surface area contributed by atoms with Crippen LogP contribution in [0.4, 0.5) is 11.9 Å². The minimum Gasteiger partial charge on any atom is -0.464 e. The third-order valence-electron chi connectivity index (χ3n) is 2.67. The zero-order valence-electron chi connectivity index (χ0n) is 10.6. The predicted molar refractivity (Wildman–Crippen MR) is 66.5 cm³/mol. The molecule has 94 valence electrons. The van der Waals surface area contributed by atoms with Gasteiger partial charge in [0.25, 0.3) is 0 Å². The van der Waals surface area contributed by atoms with Crippen LogP contribution < -0.4 is 15.0 Å². The summed E-state index contributed by atoms with van der Waals surface area (Å²) in [4.78, 5) is 14.8. The average molecular weight is 237 g/mol. The van der Waals surface area contributed by atoms with Gasteiger partial charge in [-0.05, 0) is 25.7 Å². The van der Waals surface area contributed by atoms with Crippen molar-refractivity contribution in [3.8, 4) is 6.01 Å². The zero-order valence-corrected chi connectivity index (χ0v) is 10.6. The Morgan fingerprint density at radius 3 is 2.71 bits per heavy atom. The van der Waals surface area contributed by atoms with Crippen molar-refractivity contribution in [3.63, 3.8) is 0 Å². The van der Waals surface area contributed by atoms with Crippen molar-refractivity contribution in [2.75, 3.05) is 37.5 Å². The van der Waals surface area contributed by atoms with Gasteiger partial charge in [-0.2, -0.15) is 15.0 Å². The minimum absolute atomic E-state index is 0.379. The van der Waals surface area contributed by atoms with Gasteiger partial charge >= 0.3 is 6.01 Å². The molecule has 1 fully saturated rings. The van der Waals surface area contributed by atoms with E-state index >= 15 is 0 Å². The monoisotopic (exact) mass is 237 g/mol. The van der Waals surface area contributed by atoms with Gasteiger partial charge in [-0.3, -0.25) is 0 Å². The number of hydrogen-bond donors (Lipinski definition) is 1. The fourth-order valence-corrected chi connectivity index (χ4v) is 1.59. The number of nitrogens with one attached hydrogen (secondary N) is 1. The SMILES string of the molecule is CCOc1nc(NC)nc(N(C)CC2CC2)n1. The summed E-state index contributed by atoms with van der Waals surface area (Å²) in [6.45, 7) is 3.47. The number of nitrogens with zero attached hydrogens (tertiary/aromatic N) is 4. The first-order valence-electron chi connectivity index (χ1n) is 6.00. The van der Waals surface area contributed by atoms with Crippen LogP contribution in [0.1, 0.15) is 19.8 Å². The van der Waals surface area contributed by atoms with Crippen LogP contribution in [-0.4, -0.2) is 42.2 Å². The molecule has 0 spiro atoms. The van der Waals surface area contributed by atoms with Crippen LogP contribution in [0, 0.1) is 5.92 Å². The summed E-state index contributed by atoms with van der Waals surface area (Å²) in [5, 5.41) is 2.92. The molecule has 0 aliphatic heterocycles. The summed E-state index contributed by atoms with van der Waals surface area (Å²) < 4.78 is 5.33. The Labute approximate surface area is 101 Å². The van der Waals surface area contributed by atoms with Crippen molar-refractivity contribution in [3.05, 3.63) is 0 Å². The molecular weight excluding hydrogens is 218 g/mol. The Morgan fingerprint density at radius 2 is 2.12 bits per heavy atom. The first-order valence-corrected chi connectivity index (χ1v) is 6.00. The number of aromatic nitrogens is 3. The van der Waals surface area contributed by atoms with E-state index in [2.05, 4.69) is 25.2 Å². The van der Waals surface area contributed by atoms with Crippen LogP contribution in [0.3, 0.4) is 0 Å². The molecule has 2 rings (SSSR count). The van der Waals surface area contributed by atoms with Crippen LogP contribution in [0.25, 0.3) is 0 Å². The topological polar surface area (TPSA) is 63.2 Å². The number of rotatable bonds is 6. The molecule has 0 unspecified atom stereocenters. The molecular formula is C11H19N5O. The standard InChI is InChI=1S/C11H19N5O/c1-4-17-11-14-9(12-2)13-10(15-11)16(3)7-8-5-6-8/h8H,4-7H2,1-3H3,(H,12,13,14,15). The molecule has 17 heavy (non-hydrogen) atoms. The molecule has 1 aliphatic carbocycles. The fourth-order valence-electron chi connectivity index (χ4n) is 1.59. The quantitative estimate of drug-likeness (QED) is 0.801. The van der Waals surface area contributed by atoms with Gasteiger partial charge in [-0.15, -0.1) is 0 Å². The van der Waals surface area contributed by atoms with Crippen molar-refractivity contribution in [2.24, 2.45) is 5.92 Å². The molecule has 0 atom stereocenters. The molecule has 0 bridgehead atoms. The lowest BCUT2D eigenvalue weighted by Gasteiger charge is -2.17. The smallest absolute Gasteiger partial charge is 0.323 e. The van der Waals surface area contributed by atoms with Gasteiger partial charge < -0.3 is 15.0 Å². The van der Waals surface area contributed by atoms with Crippen molar-refractivity contribution in [2.45, 2.75) is 19.8 Å². The Balaban J connectivity index is 2.14. The van der Waals surface area contributed by atoms with Crippen LogP contribution in [0.15, 0.2) is 0 Å². The van der Waals surface area contributed by atoms with Gasteiger partial charge in [0.2, 0.25) is 11.9 Å². The lowest BCUT2D eigenvalue weighted by molar-refractivity contribution is 0.312. The second kappa shape index (κ2) is 5.16. The van der Waals surface area contributed by atoms with Crippen molar-refractivity contribution in [1.29, 1.82) is 0 Å². The lowest BCUT2D eigenvalue weighted by Crippen LogP contribution is -2.23. The van der Waals surface area contributed by atoms with Gasteiger partial charge in [-0.1, -0.05) is 0 Å². The third kappa shape index (κ3) is 3.18. The van der Waals surface area contributed by atoms with Crippen LogP contribution >= 0.6 is 0 Å². The minimum atomic E-state index is 0.379. The Bertz CT molecular complexity index is 380. The maximum Gasteiger partial charge on any atom is 0.323 e. The highest BCUT2D eigenvalue weighted by Crippen LogP contribution is 2.30. The lowest BCUT2D eigenvalue weighted by atomic mass is 10.4. The molecule has 1 aromatic rings. The highest BCUT2D eigenvalue weighted by atomic mass is 16.5. The molecule has 0 radical (unpaired) electrons. The fraction of sp³-hybridized carbons (Fsp3) is 0.727.